The van der Waals surface area contributed by atoms with E-state index in [1.54, 1.807) is 0 Å². The summed E-state index contributed by atoms with van der Waals surface area (Å²) in [5.41, 5.74) is 1.41. The maximum Gasteiger partial charge on any atom is 0.331 e. The van der Waals surface area contributed by atoms with Crippen LogP contribution in [0.1, 0.15) is 38.8 Å². The standard InChI is InChI=1S/C20H21NO5/c1-13(19(22)23)11-14-12-16(21(24)25)7-10-18(14)26-17-8-5-15(6-9-17)20(2,3)4/h5-12H,1-4H3,(H,22,23)/b13-11+. The average Bonchev–Trinajstić information content (AvgIpc) is 2.55. The Morgan fingerprint density at radius 3 is 2.27 bits per heavy atom. The number of carboxylic acid groups (broad SMARTS) is 1. The third-order valence-electron chi connectivity index (χ3n) is 3.86. The highest BCUT2D eigenvalue weighted by Gasteiger charge is 2.15. The molecule has 2 aromatic rings. The molecule has 0 bridgehead atoms. The number of ether oxygens (including phenoxy) is 1. The number of hydrogen-bond acceptors (Lipinski definition) is 4. The van der Waals surface area contributed by atoms with Crippen LogP contribution in [0, 0.1) is 10.1 Å². The Labute approximate surface area is 151 Å². The van der Waals surface area contributed by atoms with E-state index in [1.807, 2.05) is 24.3 Å². The molecule has 0 fully saturated rings. The number of nitro benzene ring substituents is 1. The minimum absolute atomic E-state index is 0.0123. The molecule has 0 saturated carbocycles. The Balaban J connectivity index is 2.40. The first kappa shape index (κ1) is 19.2. The lowest BCUT2D eigenvalue weighted by Crippen LogP contribution is -2.10. The number of benzene rings is 2. The van der Waals surface area contributed by atoms with Gasteiger partial charge >= 0.3 is 5.97 Å². The fourth-order valence-corrected chi connectivity index (χ4v) is 2.30. The van der Waals surface area contributed by atoms with Crippen LogP contribution >= 0.6 is 0 Å². The average molecular weight is 355 g/mol. The van der Waals surface area contributed by atoms with Gasteiger partial charge in [-0.25, -0.2) is 4.79 Å². The van der Waals surface area contributed by atoms with Crippen LogP contribution in [0.25, 0.3) is 6.08 Å². The lowest BCUT2D eigenvalue weighted by atomic mass is 9.87. The van der Waals surface area contributed by atoms with E-state index in [0.717, 1.165) is 5.56 Å². The van der Waals surface area contributed by atoms with Crippen molar-refractivity contribution in [1.82, 2.24) is 0 Å². The molecule has 0 aromatic heterocycles. The van der Waals surface area contributed by atoms with Crippen LogP contribution in [0.4, 0.5) is 5.69 Å². The molecule has 2 aromatic carbocycles. The van der Waals surface area contributed by atoms with Crippen molar-refractivity contribution >= 4 is 17.7 Å². The third-order valence-corrected chi connectivity index (χ3v) is 3.86. The lowest BCUT2D eigenvalue weighted by Gasteiger charge is -2.19. The molecule has 6 heteroatoms. The minimum atomic E-state index is -1.10. The fraction of sp³-hybridized carbons (Fsp3) is 0.250. The fourth-order valence-electron chi connectivity index (χ4n) is 2.30. The second kappa shape index (κ2) is 7.39. The van der Waals surface area contributed by atoms with E-state index in [0.29, 0.717) is 17.1 Å². The summed E-state index contributed by atoms with van der Waals surface area (Å²) in [4.78, 5) is 21.5. The number of nitro groups is 1. The predicted molar refractivity (Wildman–Crippen MR) is 99.6 cm³/mol. The number of carbonyl (C=O) groups is 1. The maximum atomic E-state index is 11.1. The van der Waals surface area contributed by atoms with Crippen LogP contribution in [-0.4, -0.2) is 16.0 Å². The molecule has 0 atom stereocenters. The summed E-state index contributed by atoms with van der Waals surface area (Å²) in [5.74, 6) is -0.189. The van der Waals surface area contributed by atoms with Gasteiger partial charge in [-0.05, 0) is 42.2 Å². The molecule has 6 nitrogen and oxygen atoms in total. The van der Waals surface area contributed by atoms with Gasteiger partial charge in [-0.2, -0.15) is 0 Å². The zero-order valence-corrected chi connectivity index (χ0v) is 15.1. The summed E-state index contributed by atoms with van der Waals surface area (Å²) in [6.07, 6.45) is 1.36. The van der Waals surface area contributed by atoms with Crippen LogP contribution < -0.4 is 4.74 Å². The van der Waals surface area contributed by atoms with E-state index in [1.165, 1.54) is 31.2 Å². The smallest absolute Gasteiger partial charge is 0.331 e. The summed E-state index contributed by atoms with van der Waals surface area (Å²) >= 11 is 0. The minimum Gasteiger partial charge on any atom is -0.478 e. The second-order valence-corrected chi connectivity index (χ2v) is 6.99. The molecule has 0 radical (unpaired) electrons. The van der Waals surface area contributed by atoms with Gasteiger partial charge in [0.25, 0.3) is 5.69 Å². The molecule has 0 amide bonds. The third kappa shape index (κ3) is 4.69. The predicted octanol–water partition coefficient (Wildman–Crippen LogP) is 5.17. The summed E-state index contributed by atoms with van der Waals surface area (Å²) in [7, 11) is 0. The molecule has 136 valence electrons. The number of hydrogen-bond donors (Lipinski definition) is 1. The quantitative estimate of drug-likeness (QED) is 0.454. The van der Waals surface area contributed by atoms with Crippen molar-refractivity contribution < 1.29 is 19.6 Å². The molecule has 0 saturated heterocycles. The van der Waals surface area contributed by atoms with Crippen LogP contribution in [0.3, 0.4) is 0 Å². The van der Waals surface area contributed by atoms with Crippen LogP contribution in [-0.2, 0) is 10.2 Å². The first-order valence-corrected chi connectivity index (χ1v) is 8.06. The van der Waals surface area contributed by atoms with Crippen LogP contribution in [0.15, 0.2) is 48.0 Å². The Morgan fingerprint density at radius 2 is 1.77 bits per heavy atom. The first-order chi connectivity index (χ1) is 12.1. The van der Waals surface area contributed by atoms with E-state index in [9.17, 15) is 14.9 Å². The summed E-state index contributed by atoms with van der Waals surface area (Å²) < 4.78 is 5.83. The molecule has 0 aliphatic carbocycles. The van der Waals surface area contributed by atoms with E-state index in [-0.39, 0.29) is 16.7 Å². The molecular weight excluding hydrogens is 334 g/mol. The van der Waals surface area contributed by atoms with Gasteiger partial charge in [-0.1, -0.05) is 32.9 Å². The number of rotatable bonds is 5. The van der Waals surface area contributed by atoms with E-state index < -0.39 is 10.9 Å². The molecule has 2 rings (SSSR count). The van der Waals surface area contributed by atoms with Crippen LogP contribution in [0.5, 0.6) is 11.5 Å². The Bertz CT molecular complexity index is 861. The molecular formula is C20H21NO5. The highest BCUT2D eigenvalue weighted by molar-refractivity contribution is 5.92. The largest absolute Gasteiger partial charge is 0.478 e. The van der Waals surface area contributed by atoms with E-state index in [2.05, 4.69) is 20.8 Å². The molecule has 0 heterocycles. The monoisotopic (exact) mass is 355 g/mol. The van der Waals surface area contributed by atoms with Gasteiger partial charge in [0, 0.05) is 23.3 Å². The van der Waals surface area contributed by atoms with Gasteiger partial charge in [0.2, 0.25) is 0 Å². The maximum absolute atomic E-state index is 11.1. The lowest BCUT2D eigenvalue weighted by molar-refractivity contribution is -0.384. The normalized spacial score (nSPS) is 11.9. The van der Waals surface area contributed by atoms with Gasteiger partial charge in [0.05, 0.1) is 4.92 Å². The van der Waals surface area contributed by atoms with Crippen molar-refractivity contribution in [2.45, 2.75) is 33.1 Å². The number of non-ortho nitro benzene ring substituents is 1. The van der Waals surface area contributed by atoms with Gasteiger partial charge < -0.3 is 9.84 Å². The molecule has 0 aliphatic heterocycles. The Kier molecular flexibility index (Phi) is 5.45. The van der Waals surface area contributed by atoms with E-state index >= 15 is 0 Å². The van der Waals surface area contributed by atoms with Crippen molar-refractivity contribution in [2.75, 3.05) is 0 Å². The SMILES string of the molecule is C/C(=C\c1cc([N+](=O)[O-])ccc1Oc1ccc(C(C)(C)C)cc1)C(=O)O. The van der Waals surface area contributed by atoms with Gasteiger partial charge in [0.15, 0.2) is 0 Å². The molecule has 1 N–H and O–H groups in total. The van der Waals surface area contributed by atoms with Crippen molar-refractivity contribution in [3.63, 3.8) is 0 Å². The summed E-state index contributed by atoms with van der Waals surface area (Å²) in [6, 6.07) is 11.6. The van der Waals surface area contributed by atoms with Crippen molar-refractivity contribution in [3.8, 4) is 11.5 Å². The molecule has 26 heavy (non-hydrogen) atoms. The van der Waals surface area contributed by atoms with Crippen molar-refractivity contribution in [3.05, 3.63) is 69.3 Å². The van der Waals surface area contributed by atoms with Crippen molar-refractivity contribution in [1.29, 1.82) is 0 Å². The Morgan fingerprint density at radius 1 is 1.15 bits per heavy atom. The molecule has 0 spiro atoms. The number of aliphatic carboxylic acids is 1. The van der Waals surface area contributed by atoms with Crippen LogP contribution in [0.2, 0.25) is 0 Å². The second-order valence-electron chi connectivity index (χ2n) is 6.99. The zero-order valence-electron chi connectivity index (χ0n) is 15.1. The molecule has 0 aliphatic rings. The first-order valence-electron chi connectivity index (χ1n) is 8.06. The zero-order chi connectivity index (χ0) is 19.5. The molecule has 0 unspecified atom stereocenters. The Hall–Kier alpha value is -3.15. The summed E-state index contributed by atoms with van der Waals surface area (Å²) in [6.45, 7) is 7.74. The van der Waals surface area contributed by atoms with Gasteiger partial charge in [-0.3, -0.25) is 10.1 Å². The number of nitrogens with zero attached hydrogens (tertiary/aromatic N) is 1. The van der Waals surface area contributed by atoms with E-state index in [4.69, 9.17) is 9.84 Å². The van der Waals surface area contributed by atoms with Gasteiger partial charge in [-0.15, -0.1) is 0 Å². The highest BCUT2D eigenvalue weighted by Crippen LogP contribution is 2.32. The summed E-state index contributed by atoms with van der Waals surface area (Å²) in [5, 5.41) is 20.1. The number of carboxylic acids is 1. The highest BCUT2D eigenvalue weighted by atomic mass is 16.6. The van der Waals surface area contributed by atoms with Crippen molar-refractivity contribution in [2.24, 2.45) is 0 Å². The van der Waals surface area contributed by atoms with Gasteiger partial charge in [0.1, 0.15) is 11.5 Å². The topological polar surface area (TPSA) is 89.7 Å².